The summed E-state index contributed by atoms with van der Waals surface area (Å²) in [6, 6.07) is 20.1. The average molecular weight is 264 g/mol. The van der Waals surface area contributed by atoms with Gasteiger partial charge in [0.05, 0.1) is 11.4 Å². The minimum atomic E-state index is 0.839. The summed E-state index contributed by atoms with van der Waals surface area (Å²) in [7, 11) is 0. The quantitative estimate of drug-likeness (QED) is 0.828. The third kappa shape index (κ3) is 2.28. The molecule has 0 fully saturated rings. The van der Waals surface area contributed by atoms with Crippen LogP contribution in [0.4, 0.5) is 11.4 Å². The molecule has 0 aliphatic carbocycles. The molecule has 4 heteroatoms. The number of amidine groups is 2. The van der Waals surface area contributed by atoms with Gasteiger partial charge < -0.3 is 0 Å². The number of anilines is 2. The zero-order chi connectivity index (χ0) is 13.9. The highest BCUT2D eigenvalue weighted by Gasteiger charge is 2.19. The summed E-state index contributed by atoms with van der Waals surface area (Å²) in [4.78, 5) is 0. The first-order chi connectivity index (χ1) is 9.75. The predicted molar refractivity (Wildman–Crippen MR) is 84.1 cm³/mol. The summed E-state index contributed by atoms with van der Waals surface area (Å²) in [5.41, 5.74) is 2.03. The van der Waals surface area contributed by atoms with E-state index in [1.807, 2.05) is 84.5 Å². The lowest BCUT2D eigenvalue weighted by molar-refractivity contribution is 0.982. The molecule has 1 aliphatic rings. The van der Waals surface area contributed by atoms with Gasteiger partial charge in [0.15, 0.2) is 0 Å². The Balaban J connectivity index is 1.95. The number of hydrogen-bond donors (Lipinski definition) is 0. The van der Waals surface area contributed by atoms with E-state index in [1.165, 1.54) is 0 Å². The van der Waals surface area contributed by atoms with E-state index in [9.17, 15) is 0 Å². The molecule has 0 N–H and O–H groups in total. The Morgan fingerprint density at radius 1 is 0.600 bits per heavy atom. The van der Waals surface area contributed by atoms with Crippen molar-refractivity contribution in [2.75, 3.05) is 10.0 Å². The molecule has 0 saturated heterocycles. The second-order valence-corrected chi connectivity index (χ2v) is 4.59. The molecule has 0 spiro atoms. The highest BCUT2D eigenvalue weighted by molar-refractivity contribution is 6.06. The van der Waals surface area contributed by atoms with Gasteiger partial charge in [0.1, 0.15) is 11.7 Å². The molecule has 3 rings (SSSR count). The van der Waals surface area contributed by atoms with Crippen molar-refractivity contribution in [3.05, 3.63) is 60.7 Å². The Kier molecular flexibility index (Phi) is 3.21. The molecule has 0 aromatic heterocycles. The Morgan fingerprint density at radius 2 is 0.950 bits per heavy atom. The summed E-state index contributed by atoms with van der Waals surface area (Å²) in [6.07, 6.45) is 0. The van der Waals surface area contributed by atoms with E-state index in [0.29, 0.717) is 0 Å². The van der Waals surface area contributed by atoms with E-state index in [0.717, 1.165) is 23.0 Å². The molecular weight excluding hydrogens is 248 g/mol. The summed E-state index contributed by atoms with van der Waals surface area (Å²) in [5, 5.41) is 13.0. The first kappa shape index (κ1) is 12.4. The SMILES string of the molecule is CC1=NN(c2ccccc2)C(C)=NN1c1ccccc1. The third-order valence-electron chi connectivity index (χ3n) is 3.10. The molecule has 0 radical (unpaired) electrons. The van der Waals surface area contributed by atoms with Crippen molar-refractivity contribution in [2.24, 2.45) is 10.2 Å². The van der Waals surface area contributed by atoms with Crippen LogP contribution in [0.25, 0.3) is 0 Å². The largest absolute Gasteiger partial charge is 0.216 e. The van der Waals surface area contributed by atoms with Crippen LogP contribution in [0.15, 0.2) is 70.9 Å². The van der Waals surface area contributed by atoms with Gasteiger partial charge in [-0.05, 0) is 38.1 Å². The van der Waals surface area contributed by atoms with E-state index in [4.69, 9.17) is 0 Å². The fourth-order valence-corrected chi connectivity index (χ4v) is 2.15. The first-order valence-corrected chi connectivity index (χ1v) is 6.56. The minimum Gasteiger partial charge on any atom is -0.216 e. The fourth-order valence-electron chi connectivity index (χ4n) is 2.15. The minimum absolute atomic E-state index is 0.839. The molecule has 2 aromatic rings. The number of hydrazone groups is 2. The lowest BCUT2D eigenvalue weighted by Crippen LogP contribution is -2.37. The van der Waals surface area contributed by atoms with E-state index < -0.39 is 0 Å². The van der Waals surface area contributed by atoms with Crippen LogP contribution in [-0.2, 0) is 0 Å². The second-order valence-electron chi connectivity index (χ2n) is 4.59. The van der Waals surface area contributed by atoms with Crippen LogP contribution in [0.2, 0.25) is 0 Å². The van der Waals surface area contributed by atoms with E-state index in [1.54, 1.807) is 0 Å². The van der Waals surface area contributed by atoms with Gasteiger partial charge in [0, 0.05) is 0 Å². The van der Waals surface area contributed by atoms with Crippen molar-refractivity contribution in [2.45, 2.75) is 13.8 Å². The second kappa shape index (κ2) is 5.17. The number of benzene rings is 2. The van der Waals surface area contributed by atoms with Crippen molar-refractivity contribution in [3.63, 3.8) is 0 Å². The highest BCUT2D eigenvalue weighted by atomic mass is 15.6. The van der Waals surface area contributed by atoms with Gasteiger partial charge in [-0.2, -0.15) is 10.2 Å². The predicted octanol–water partition coefficient (Wildman–Crippen LogP) is 3.68. The van der Waals surface area contributed by atoms with Crippen LogP contribution in [0.5, 0.6) is 0 Å². The zero-order valence-corrected chi connectivity index (χ0v) is 11.6. The van der Waals surface area contributed by atoms with Crippen molar-refractivity contribution in [3.8, 4) is 0 Å². The summed E-state index contributed by atoms with van der Waals surface area (Å²) >= 11 is 0. The fraction of sp³-hybridized carbons (Fsp3) is 0.125. The monoisotopic (exact) mass is 264 g/mol. The molecule has 2 aromatic carbocycles. The van der Waals surface area contributed by atoms with Gasteiger partial charge in [0.2, 0.25) is 0 Å². The maximum absolute atomic E-state index is 4.64. The topological polar surface area (TPSA) is 31.2 Å². The number of hydrogen-bond acceptors (Lipinski definition) is 4. The Labute approximate surface area is 118 Å². The summed E-state index contributed by atoms with van der Waals surface area (Å²) in [5.74, 6) is 1.68. The van der Waals surface area contributed by atoms with Crippen LogP contribution in [0.1, 0.15) is 13.8 Å². The molecule has 0 saturated carbocycles. The van der Waals surface area contributed by atoms with Crippen LogP contribution in [0.3, 0.4) is 0 Å². The molecule has 4 nitrogen and oxygen atoms in total. The van der Waals surface area contributed by atoms with Gasteiger partial charge in [-0.1, -0.05) is 36.4 Å². The lowest BCUT2D eigenvalue weighted by atomic mass is 10.3. The van der Waals surface area contributed by atoms with E-state index in [2.05, 4.69) is 10.2 Å². The van der Waals surface area contributed by atoms with Gasteiger partial charge >= 0.3 is 0 Å². The van der Waals surface area contributed by atoms with Crippen LogP contribution < -0.4 is 10.0 Å². The number of para-hydroxylation sites is 2. The van der Waals surface area contributed by atoms with Gasteiger partial charge in [-0.3, -0.25) is 0 Å². The van der Waals surface area contributed by atoms with Crippen molar-refractivity contribution >= 4 is 23.0 Å². The number of nitrogens with zero attached hydrogens (tertiary/aromatic N) is 4. The summed E-state index contributed by atoms with van der Waals surface area (Å²) < 4.78 is 0. The maximum Gasteiger partial charge on any atom is 0.148 e. The molecule has 1 aliphatic heterocycles. The average Bonchev–Trinajstić information content (AvgIpc) is 2.51. The Hall–Kier alpha value is -2.62. The molecule has 20 heavy (non-hydrogen) atoms. The molecule has 100 valence electrons. The number of rotatable bonds is 2. The third-order valence-corrected chi connectivity index (χ3v) is 3.10. The van der Waals surface area contributed by atoms with Crippen LogP contribution in [0, 0.1) is 0 Å². The molecule has 0 unspecified atom stereocenters. The Morgan fingerprint density at radius 3 is 1.30 bits per heavy atom. The van der Waals surface area contributed by atoms with Crippen LogP contribution in [-0.4, -0.2) is 11.7 Å². The zero-order valence-electron chi connectivity index (χ0n) is 11.6. The van der Waals surface area contributed by atoms with E-state index in [-0.39, 0.29) is 0 Å². The molecule has 0 bridgehead atoms. The Bertz CT molecular complexity index is 587. The lowest BCUT2D eigenvalue weighted by Gasteiger charge is -2.29. The van der Waals surface area contributed by atoms with Gasteiger partial charge in [-0.25, -0.2) is 10.0 Å². The highest BCUT2D eigenvalue weighted by Crippen LogP contribution is 2.22. The van der Waals surface area contributed by atoms with Crippen LogP contribution >= 0.6 is 0 Å². The first-order valence-electron chi connectivity index (χ1n) is 6.56. The van der Waals surface area contributed by atoms with Crippen molar-refractivity contribution in [1.29, 1.82) is 0 Å². The molecule has 0 amide bonds. The molecule has 1 heterocycles. The standard InChI is InChI=1S/C16H16N4/c1-13-17-20(16-11-7-4-8-12-16)14(2)18-19(13)15-9-5-3-6-10-15/h3-12H,1-2H3. The summed E-state index contributed by atoms with van der Waals surface area (Å²) in [6.45, 7) is 3.91. The van der Waals surface area contributed by atoms with Gasteiger partial charge in [0.25, 0.3) is 0 Å². The van der Waals surface area contributed by atoms with Crippen molar-refractivity contribution in [1.82, 2.24) is 0 Å². The maximum atomic E-state index is 4.64. The van der Waals surface area contributed by atoms with Gasteiger partial charge in [-0.15, -0.1) is 0 Å². The van der Waals surface area contributed by atoms with Crippen molar-refractivity contribution < 1.29 is 0 Å². The smallest absolute Gasteiger partial charge is 0.148 e. The molecule has 0 atom stereocenters. The van der Waals surface area contributed by atoms with E-state index >= 15 is 0 Å². The normalized spacial score (nSPS) is 14.9. The molecular formula is C16H16N4.